The molecule has 0 bridgehead atoms. The number of hydrogen-bond acceptors (Lipinski definition) is 3. The van der Waals surface area contributed by atoms with E-state index in [9.17, 15) is 4.79 Å². The van der Waals surface area contributed by atoms with E-state index in [1.807, 2.05) is 24.3 Å². The number of aliphatic imine (C=N–C) groups is 1. The van der Waals surface area contributed by atoms with E-state index >= 15 is 0 Å². The summed E-state index contributed by atoms with van der Waals surface area (Å²) in [5.74, 6) is 1.40. The number of para-hydroxylation sites is 2. The Kier molecular flexibility index (Phi) is 7.14. The van der Waals surface area contributed by atoms with Gasteiger partial charge in [0.1, 0.15) is 5.75 Å². The lowest BCUT2D eigenvalue weighted by Crippen LogP contribution is -2.41. The van der Waals surface area contributed by atoms with Crippen LogP contribution in [0.25, 0.3) is 0 Å². The number of amides is 1. The van der Waals surface area contributed by atoms with Crippen molar-refractivity contribution in [3.05, 3.63) is 24.3 Å². The number of anilines is 1. The number of carbonyl (C=O) groups excluding carboxylic acids is 1. The molecule has 0 aliphatic carbocycles. The highest BCUT2D eigenvalue weighted by atomic mass is 127. The van der Waals surface area contributed by atoms with E-state index in [-0.39, 0.29) is 36.5 Å². The predicted molar refractivity (Wildman–Crippen MR) is 106 cm³/mol. The first kappa shape index (κ1) is 18.8. The average molecular weight is 444 g/mol. The first-order valence-corrected chi connectivity index (χ1v) is 8.33. The number of guanidine groups is 1. The van der Waals surface area contributed by atoms with E-state index in [2.05, 4.69) is 9.89 Å². The summed E-state index contributed by atoms with van der Waals surface area (Å²) in [6.07, 6.45) is 4.45. The maximum absolute atomic E-state index is 12.1. The zero-order chi connectivity index (χ0) is 16.1. The van der Waals surface area contributed by atoms with Gasteiger partial charge in [-0.15, -0.1) is 24.0 Å². The van der Waals surface area contributed by atoms with Gasteiger partial charge in [0, 0.05) is 26.2 Å². The molecule has 1 saturated heterocycles. The Morgan fingerprint density at radius 1 is 1.21 bits per heavy atom. The van der Waals surface area contributed by atoms with E-state index in [1.54, 1.807) is 4.90 Å². The van der Waals surface area contributed by atoms with Gasteiger partial charge in [0.05, 0.1) is 5.69 Å². The van der Waals surface area contributed by atoms with Crippen LogP contribution in [-0.4, -0.2) is 49.6 Å². The van der Waals surface area contributed by atoms with Gasteiger partial charge in [-0.2, -0.15) is 0 Å². The van der Waals surface area contributed by atoms with Gasteiger partial charge in [0.25, 0.3) is 5.91 Å². The Bertz CT molecular complexity index is 588. The van der Waals surface area contributed by atoms with E-state index in [0.29, 0.717) is 19.0 Å². The third-order valence-corrected chi connectivity index (χ3v) is 4.30. The first-order valence-electron chi connectivity index (χ1n) is 8.33. The Morgan fingerprint density at radius 2 is 1.96 bits per heavy atom. The second-order valence-electron chi connectivity index (χ2n) is 5.94. The molecule has 0 spiro atoms. The molecular formula is C17H25IN4O2. The Hall–Kier alpha value is -1.51. The summed E-state index contributed by atoms with van der Waals surface area (Å²) in [6, 6.07) is 7.63. The third-order valence-electron chi connectivity index (χ3n) is 4.30. The number of ether oxygens (including phenoxy) is 1. The molecule has 1 aromatic rings. The average Bonchev–Trinajstić information content (AvgIpc) is 2.60. The van der Waals surface area contributed by atoms with Crippen LogP contribution in [0.4, 0.5) is 5.69 Å². The standard InChI is InChI=1S/C17H24N4O2.HI/c18-17(20-10-4-1-5-11-20)19-9-6-12-21-14-7-2-3-8-15(14)23-13-16(21)22;/h2-3,7-8H,1,4-6,9-13H2,(H2,18,19);1H. The van der Waals surface area contributed by atoms with Crippen molar-refractivity contribution >= 4 is 41.5 Å². The molecule has 0 saturated carbocycles. The van der Waals surface area contributed by atoms with Gasteiger partial charge in [-0.25, -0.2) is 0 Å². The first-order chi connectivity index (χ1) is 11.3. The van der Waals surface area contributed by atoms with Gasteiger partial charge in [-0.1, -0.05) is 12.1 Å². The lowest BCUT2D eigenvalue weighted by Gasteiger charge is -2.29. The zero-order valence-corrected chi connectivity index (χ0v) is 16.1. The van der Waals surface area contributed by atoms with Gasteiger partial charge >= 0.3 is 0 Å². The Morgan fingerprint density at radius 3 is 2.75 bits per heavy atom. The van der Waals surface area contributed by atoms with Crippen LogP contribution >= 0.6 is 24.0 Å². The molecule has 0 atom stereocenters. The molecule has 1 amide bonds. The smallest absolute Gasteiger partial charge is 0.265 e. The molecule has 0 unspecified atom stereocenters. The summed E-state index contributed by atoms with van der Waals surface area (Å²) in [7, 11) is 0. The molecule has 24 heavy (non-hydrogen) atoms. The van der Waals surface area contributed by atoms with Crippen LogP contribution in [0.3, 0.4) is 0 Å². The highest BCUT2D eigenvalue weighted by Crippen LogP contribution is 2.31. The van der Waals surface area contributed by atoms with Crippen molar-refractivity contribution in [1.29, 1.82) is 0 Å². The number of carbonyl (C=O) groups is 1. The van der Waals surface area contributed by atoms with Crippen LogP contribution in [0.15, 0.2) is 29.3 Å². The zero-order valence-electron chi connectivity index (χ0n) is 13.8. The monoisotopic (exact) mass is 444 g/mol. The summed E-state index contributed by atoms with van der Waals surface area (Å²) < 4.78 is 5.44. The van der Waals surface area contributed by atoms with Crippen molar-refractivity contribution in [2.45, 2.75) is 25.7 Å². The van der Waals surface area contributed by atoms with Gasteiger partial charge in [0.15, 0.2) is 12.6 Å². The number of benzene rings is 1. The van der Waals surface area contributed by atoms with Crippen LogP contribution in [-0.2, 0) is 4.79 Å². The molecule has 1 fully saturated rings. The molecule has 2 N–H and O–H groups in total. The Balaban J connectivity index is 0.00000208. The van der Waals surface area contributed by atoms with E-state index in [4.69, 9.17) is 10.5 Å². The number of piperidine rings is 1. The summed E-state index contributed by atoms with van der Waals surface area (Å²) in [6.45, 7) is 3.39. The van der Waals surface area contributed by atoms with Crippen LogP contribution in [0.1, 0.15) is 25.7 Å². The van der Waals surface area contributed by atoms with Crippen molar-refractivity contribution in [2.75, 3.05) is 37.7 Å². The molecule has 2 heterocycles. The highest BCUT2D eigenvalue weighted by Gasteiger charge is 2.24. The largest absolute Gasteiger partial charge is 0.482 e. The molecule has 132 valence electrons. The maximum atomic E-state index is 12.1. The minimum absolute atomic E-state index is 0. The molecule has 7 heteroatoms. The normalized spacial score (nSPS) is 17.8. The fraction of sp³-hybridized carbons (Fsp3) is 0.529. The summed E-state index contributed by atoms with van der Waals surface area (Å²) in [4.78, 5) is 20.5. The maximum Gasteiger partial charge on any atom is 0.265 e. The van der Waals surface area contributed by atoms with Crippen LogP contribution in [0.2, 0.25) is 0 Å². The number of halogens is 1. The molecule has 0 radical (unpaired) electrons. The summed E-state index contributed by atoms with van der Waals surface area (Å²) >= 11 is 0. The van der Waals surface area contributed by atoms with Crippen LogP contribution in [0.5, 0.6) is 5.75 Å². The summed E-state index contributed by atoms with van der Waals surface area (Å²) in [5.41, 5.74) is 6.89. The molecule has 6 nitrogen and oxygen atoms in total. The van der Waals surface area contributed by atoms with Crippen molar-refractivity contribution in [3.8, 4) is 5.75 Å². The molecule has 2 aliphatic heterocycles. The fourth-order valence-corrected chi connectivity index (χ4v) is 3.04. The second-order valence-corrected chi connectivity index (χ2v) is 5.94. The highest BCUT2D eigenvalue weighted by molar-refractivity contribution is 14.0. The lowest BCUT2D eigenvalue weighted by molar-refractivity contribution is -0.121. The third kappa shape index (κ3) is 4.52. The predicted octanol–water partition coefficient (Wildman–Crippen LogP) is 2.22. The number of likely N-dealkylation sites (tertiary alicyclic amines) is 1. The number of rotatable bonds is 4. The van der Waals surface area contributed by atoms with Crippen molar-refractivity contribution in [1.82, 2.24) is 4.90 Å². The van der Waals surface area contributed by atoms with Crippen molar-refractivity contribution in [3.63, 3.8) is 0 Å². The molecule has 2 aliphatic rings. The number of fused-ring (bicyclic) bond motifs is 1. The summed E-state index contributed by atoms with van der Waals surface area (Å²) in [5, 5.41) is 0. The van der Waals surface area contributed by atoms with E-state index in [0.717, 1.165) is 30.9 Å². The van der Waals surface area contributed by atoms with Crippen molar-refractivity contribution < 1.29 is 9.53 Å². The number of hydrogen-bond donors (Lipinski definition) is 1. The van der Waals surface area contributed by atoms with Gasteiger partial charge in [-0.05, 0) is 37.8 Å². The fourth-order valence-electron chi connectivity index (χ4n) is 3.04. The topological polar surface area (TPSA) is 71.2 Å². The lowest BCUT2D eigenvalue weighted by atomic mass is 10.1. The van der Waals surface area contributed by atoms with E-state index in [1.165, 1.54) is 19.3 Å². The van der Waals surface area contributed by atoms with Crippen molar-refractivity contribution in [2.24, 2.45) is 10.7 Å². The number of nitrogens with zero attached hydrogens (tertiary/aromatic N) is 3. The van der Waals surface area contributed by atoms with Gasteiger partial charge in [-0.3, -0.25) is 9.79 Å². The molecule has 0 aromatic heterocycles. The Labute approximate surface area is 160 Å². The van der Waals surface area contributed by atoms with Crippen LogP contribution < -0.4 is 15.4 Å². The van der Waals surface area contributed by atoms with Gasteiger partial charge in [0.2, 0.25) is 0 Å². The number of nitrogens with two attached hydrogens (primary N) is 1. The molecule has 1 aromatic carbocycles. The molecular weight excluding hydrogens is 419 g/mol. The molecule has 3 rings (SSSR count). The second kappa shape index (κ2) is 9.10. The minimum Gasteiger partial charge on any atom is -0.482 e. The van der Waals surface area contributed by atoms with Crippen LogP contribution in [0, 0.1) is 0 Å². The minimum atomic E-state index is -0.00307. The quantitative estimate of drug-likeness (QED) is 0.335. The van der Waals surface area contributed by atoms with Gasteiger partial charge < -0.3 is 20.3 Å². The SMILES string of the molecule is I.NC(=NCCCN1C(=O)COc2ccccc21)N1CCCCC1. The van der Waals surface area contributed by atoms with E-state index < -0.39 is 0 Å².